The first-order chi connectivity index (χ1) is 12.5. The minimum atomic E-state index is -0.415. The lowest BCUT2D eigenvalue weighted by atomic mass is 9.97. The lowest BCUT2D eigenvalue weighted by Crippen LogP contribution is -2.41. The molecule has 26 heavy (non-hydrogen) atoms. The van der Waals surface area contributed by atoms with Crippen molar-refractivity contribution in [2.45, 2.75) is 32.4 Å². The molecule has 1 aliphatic heterocycles. The Kier molecular flexibility index (Phi) is 5.74. The van der Waals surface area contributed by atoms with Crippen LogP contribution in [0.2, 0.25) is 0 Å². The molecule has 0 spiro atoms. The van der Waals surface area contributed by atoms with Crippen LogP contribution in [0, 0.1) is 12.8 Å². The Morgan fingerprint density at radius 2 is 2.08 bits per heavy atom. The van der Waals surface area contributed by atoms with E-state index in [1.54, 1.807) is 23.3 Å². The maximum absolute atomic E-state index is 12.9. The van der Waals surface area contributed by atoms with E-state index in [1.807, 2.05) is 55.6 Å². The Morgan fingerprint density at radius 1 is 1.35 bits per heavy atom. The molecule has 1 fully saturated rings. The van der Waals surface area contributed by atoms with Crippen molar-refractivity contribution < 1.29 is 14.3 Å². The van der Waals surface area contributed by atoms with Crippen molar-refractivity contribution in [2.75, 3.05) is 18.6 Å². The van der Waals surface area contributed by atoms with Gasteiger partial charge in [-0.25, -0.2) is 0 Å². The van der Waals surface area contributed by atoms with E-state index in [2.05, 4.69) is 5.32 Å². The molecule has 1 aliphatic rings. The third kappa shape index (κ3) is 3.81. The van der Waals surface area contributed by atoms with Crippen LogP contribution in [0.4, 0.5) is 5.69 Å². The fourth-order valence-corrected chi connectivity index (χ4v) is 4.29. The second-order valence-corrected chi connectivity index (χ2v) is 7.71. The van der Waals surface area contributed by atoms with Crippen molar-refractivity contribution in [2.24, 2.45) is 5.92 Å². The predicted octanol–water partition coefficient (Wildman–Crippen LogP) is 3.30. The van der Waals surface area contributed by atoms with Crippen LogP contribution in [-0.4, -0.2) is 31.6 Å². The topological polar surface area (TPSA) is 58.6 Å². The predicted molar refractivity (Wildman–Crippen MR) is 103 cm³/mol. The molecule has 1 saturated heterocycles. The molecule has 2 aromatic rings. The zero-order valence-corrected chi connectivity index (χ0v) is 16.1. The van der Waals surface area contributed by atoms with Crippen LogP contribution in [0.5, 0.6) is 0 Å². The summed E-state index contributed by atoms with van der Waals surface area (Å²) in [5.41, 5.74) is 1.97. The molecular formula is C20H24N2O3S. The maximum Gasteiger partial charge on any atom is 0.228 e. The first-order valence-electron chi connectivity index (χ1n) is 8.72. The quantitative estimate of drug-likeness (QED) is 0.846. The molecule has 3 rings (SSSR count). The Balaban J connectivity index is 1.91. The first-order valence-corrected chi connectivity index (χ1v) is 9.60. The summed E-state index contributed by atoms with van der Waals surface area (Å²) in [6.45, 7) is 4.35. The van der Waals surface area contributed by atoms with Crippen molar-refractivity contribution in [3.8, 4) is 0 Å². The number of nitrogens with one attached hydrogen (secondary N) is 1. The molecule has 5 nitrogen and oxygen atoms in total. The summed E-state index contributed by atoms with van der Waals surface area (Å²) in [5, 5.41) is 4.96. The van der Waals surface area contributed by atoms with Gasteiger partial charge in [-0.1, -0.05) is 23.8 Å². The molecule has 6 heteroatoms. The van der Waals surface area contributed by atoms with Gasteiger partial charge in [0.25, 0.3) is 0 Å². The number of hydrogen-bond acceptors (Lipinski definition) is 4. The normalized spacial score (nSPS) is 21.0. The number of carbonyl (C=O) groups is 2. The van der Waals surface area contributed by atoms with E-state index in [0.717, 1.165) is 16.1 Å². The molecule has 1 N–H and O–H groups in total. The summed E-state index contributed by atoms with van der Waals surface area (Å²) < 4.78 is 5.10. The third-order valence-corrected chi connectivity index (χ3v) is 5.55. The Bertz CT molecular complexity index is 758. The van der Waals surface area contributed by atoms with Crippen LogP contribution in [0.15, 0.2) is 41.8 Å². The lowest BCUT2D eigenvalue weighted by Gasteiger charge is -2.28. The number of benzene rings is 1. The van der Waals surface area contributed by atoms with Gasteiger partial charge < -0.3 is 15.0 Å². The Morgan fingerprint density at radius 3 is 2.69 bits per heavy atom. The highest BCUT2D eigenvalue weighted by molar-refractivity contribution is 7.10. The van der Waals surface area contributed by atoms with Gasteiger partial charge in [0.2, 0.25) is 11.8 Å². The van der Waals surface area contributed by atoms with Gasteiger partial charge in [-0.2, -0.15) is 0 Å². The number of thiophene rings is 1. The second kappa shape index (κ2) is 8.01. The maximum atomic E-state index is 12.9. The summed E-state index contributed by atoms with van der Waals surface area (Å²) in [6, 6.07) is 11.4. The van der Waals surface area contributed by atoms with Crippen LogP contribution in [0.1, 0.15) is 29.8 Å². The minimum Gasteiger partial charge on any atom is -0.383 e. The fraction of sp³-hybridized carbons (Fsp3) is 0.400. The number of hydrogen-bond donors (Lipinski definition) is 1. The molecule has 2 amide bonds. The van der Waals surface area contributed by atoms with E-state index in [0.29, 0.717) is 6.61 Å². The fourth-order valence-electron chi connectivity index (χ4n) is 3.41. The van der Waals surface area contributed by atoms with Gasteiger partial charge in [0.15, 0.2) is 0 Å². The number of anilines is 1. The average Bonchev–Trinajstić information content (AvgIpc) is 3.23. The molecule has 0 aliphatic carbocycles. The van der Waals surface area contributed by atoms with E-state index in [9.17, 15) is 9.59 Å². The van der Waals surface area contributed by atoms with Gasteiger partial charge in [0, 0.05) is 30.1 Å². The summed E-state index contributed by atoms with van der Waals surface area (Å²) in [4.78, 5) is 28.5. The molecular weight excluding hydrogens is 348 g/mol. The Hall–Kier alpha value is -2.18. The van der Waals surface area contributed by atoms with Gasteiger partial charge in [-0.3, -0.25) is 9.59 Å². The van der Waals surface area contributed by atoms with Crippen molar-refractivity contribution >= 4 is 28.8 Å². The van der Waals surface area contributed by atoms with E-state index in [-0.39, 0.29) is 30.3 Å². The molecule has 1 aromatic carbocycles. The number of ether oxygens (including phenoxy) is 1. The minimum absolute atomic E-state index is 0.0215. The van der Waals surface area contributed by atoms with Crippen molar-refractivity contribution in [3.63, 3.8) is 0 Å². The Labute approximate surface area is 158 Å². The molecule has 0 bridgehead atoms. The molecule has 0 unspecified atom stereocenters. The van der Waals surface area contributed by atoms with E-state index in [4.69, 9.17) is 4.74 Å². The number of amides is 2. The first kappa shape index (κ1) is 18.6. The molecule has 1 aromatic heterocycles. The highest BCUT2D eigenvalue weighted by Gasteiger charge is 2.45. The monoisotopic (exact) mass is 372 g/mol. The largest absolute Gasteiger partial charge is 0.383 e. The SMILES string of the molecule is COC[C@H](C)NC(=O)[C@@H]1CC(=O)N(c2ccc(C)cc2)[C@H]1c1cccs1. The van der Waals surface area contributed by atoms with E-state index < -0.39 is 5.92 Å². The highest BCUT2D eigenvalue weighted by Crippen LogP contribution is 2.43. The molecule has 2 heterocycles. The molecule has 0 saturated carbocycles. The zero-order chi connectivity index (χ0) is 18.7. The van der Waals surface area contributed by atoms with Gasteiger partial charge in [-0.05, 0) is 37.4 Å². The van der Waals surface area contributed by atoms with Crippen molar-refractivity contribution in [1.29, 1.82) is 0 Å². The number of rotatable bonds is 6. The van der Waals surface area contributed by atoms with Gasteiger partial charge in [-0.15, -0.1) is 11.3 Å². The molecule has 3 atom stereocenters. The summed E-state index contributed by atoms with van der Waals surface area (Å²) in [5.74, 6) is -0.538. The van der Waals surface area contributed by atoms with Crippen LogP contribution in [-0.2, 0) is 14.3 Å². The number of nitrogens with zero attached hydrogens (tertiary/aromatic N) is 1. The van der Waals surface area contributed by atoms with Gasteiger partial charge in [0.1, 0.15) is 0 Å². The van der Waals surface area contributed by atoms with E-state index >= 15 is 0 Å². The number of aryl methyl sites for hydroxylation is 1. The van der Waals surface area contributed by atoms with Gasteiger partial charge >= 0.3 is 0 Å². The average molecular weight is 372 g/mol. The molecule has 0 radical (unpaired) electrons. The van der Waals surface area contributed by atoms with E-state index in [1.165, 1.54) is 0 Å². The van der Waals surface area contributed by atoms with Crippen molar-refractivity contribution in [3.05, 3.63) is 52.2 Å². The number of carbonyl (C=O) groups excluding carboxylic acids is 2. The van der Waals surface area contributed by atoms with Crippen LogP contribution in [0.25, 0.3) is 0 Å². The number of methoxy groups -OCH3 is 1. The summed E-state index contributed by atoms with van der Waals surface area (Å²) in [7, 11) is 1.61. The summed E-state index contributed by atoms with van der Waals surface area (Å²) in [6.07, 6.45) is 0.210. The van der Waals surface area contributed by atoms with Gasteiger partial charge in [0.05, 0.1) is 18.6 Å². The van der Waals surface area contributed by atoms with Crippen LogP contribution >= 0.6 is 11.3 Å². The zero-order valence-electron chi connectivity index (χ0n) is 15.3. The molecule has 138 valence electrons. The smallest absolute Gasteiger partial charge is 0.228 e. The standard InChI is InChI=1S/C20H24N2O3S/c1-13-6-8-15(9-7-13)22-18(23)11-16(19(22)17-5-4-10-26-17)20(24)21-14(2)12-25-3/h4-10,14,16,19H,11-12H2,1-3H3,(H,21,24)/t14-,16+,19+/m0/s1. The van der Waals surface area contributed by atoms with Crippen LogP contribution in [0.3, 0.4) is 0 Å². The third-order valence-electron chi connectivity index (χ3n) is 4.61. The highest BCUT2D eigenvalue weighted by atomic mass is 32.1. The lowest BCUT2D eigenvalue weighted by molar-refractivity contribution is -0.127. The van der Waals surface area contributed by atoms with Crippen molar-refractivity contribution in [1.82, 2.24) is 5.32 Å². The second-order valence-electron chi connectivity index (χ2n) is 6.74. The summed E-state index contributed by atoms with van der Waals surface area (Å²) >= 11 is 1.58. The van der Waals surface area contributed by atoms with Crippen LogP contribution < -0.4 is 10.2 Å².